The van der Waals surface area contributed by atoms with Crippen LogP contribution in [0.2, 0.25) is 0 Å². The number of H-pyrrole nitrogens is 1. The standard InChI is InChI=1S/C13H23N3O/c1-3-10-16(11-4-2)13(17)7-5-6-12-14-8-9-15-12/h8-9H,3-7,10-11H2,1-2H3,(H,14,15). The predicted molar refractivity (Wildman–Crippen MR) is 68.7 cm³/mol. The minimum absolute atomic E-state index is 0.278. The third-order valence-electron chi connectivity index (χ3n) is 2.70. The second-order valence-electron chi connectivity index (χ2n) is 4.27. The van der Waals surface area contributed by atoms with Crippen LogP contribution >= 0.6 is 0 Å². The lowest BCUT2D eigenvalue weighted by Crippen LogP contribution is -2.32. The van der Waals surface area contributed by atoms with Crippen molar-refractivity contribution in [3.63, 3.8) is 0 Å². The Morgan fingerprint density at radius 2 is 2.06 bits per heavy atom. The van der Waals surface area contributed by atoms with Gasteiger partial charge in [-0.3, -0.25) is 4.79 Å². The molecule has 1 rings (SSSR count). The van der Waals surface area contributed by atoms with E-state index >= 15 is 0 Å². The van der Waals surface area contributed by atoms with Crippen LogP contribution in [0.25, 0.3) is 0 Å². The molecule has 0 bridgehead atoms. The van der Waals surface area contributed by atoms with Crippen LogP contribution < -0.4 is 0 Å². The lowest BCUT2D eigenvalue weighted by atomic mass is 10.2. The Balaban J connectivity index is 2.26. The molecule has 0 saturated heterocycles. The average molecular weight is 237 g/mol. The summed E-state index contributed by atoms with van der Waals surface area (Å²) >= 11 is 0. The minimum Gasteiger partial charge on any atom is -0.349 e. The van der Waals surface area contributed by atoms with E-state index in [-0.39, 0.29) is 5.91 Å². The number of nitrogens with zero attached hydrogens (tertiary/aromatic N) is 2. The number of carbonyl (C=O) groups excluding carboxylic acids is 1. The molecule has 1 aromatic rings. The Labute approximate surface area is 103 Å². The van der Waals surface area contributed by atoms with Crippen molar-refractivity contribution in [1.29, 1.82) is 0 Å². The highest BCUT2D eigenvalue weighted by Gasteiger charge is 2.11. The van der Waals surface area contributed by atoms with Gasteiger partial charge in [0.1, 0.15) is 5.82 Å². The second-order valence-corrected chi connectivity index (χ2v) is 4.27. The van der Waals surface area contributed by atoms with E-state index in [2.05, 4.69) is 23.8 Å². The van der Waals surface area contributed by atoms with Crippen molar-refractivity contribution in [2.45, 2.75) is 46.0 Å². The summed E-state index contributed by atoms with van der Waals surface area (Å²) in [6.45, 7) is 5.98. The number of nitrogens with one attached hydrogen (secondary N) is 1. The third kappa shape index (κ3) is 5.02. The molecule has 0 fully saturated rings. The number of aromatic amines is 1. The number of imidazole rings is 1. The number of carbonyl (C=O) groups is 1. The number of aryl methyl sites for hydroxylation is 1. The van der Waals surface area contributed by atoms with Crippen LogP contribution in [-0.4, -0.2) is 33.9 Å². The topological polar surface area (TPSA) is 49.0 Å². The fraction of sp³-hybridized carbons (Fsp3) is 0.692. The Morgan fingerprint density at radius 3 is 2.59 bits per heavy atom. The molecule has 1 aromatic heterocycles. The lowest BCUT2D eigenvalue weighted by Gasteiger charge is -2.21. The maximum Gasteiger partial charge on any atom is 0.222 e. The van der Waals surface area contributed by atoms with E-state index in [9.17, 15) is 4.79 Å². The van der Waals surface area contributed by atoms with E-state index in [4.69, 9.17) is 0 Å². The normalized spacial score (nSPS) is 10.5. The Hall–Kier alpha value is -1.32. The summed E-state index contributed by atoms with van der Waals surface area (Å²) < 4.78 is 0. The first kappa shape index (κ1) is 13.7. The number of rotatable bonds is 8. The smallest absolute Gasteiger partial charge is 0.222 e. The van der Waals surface area contributed by atoms with Gasteiger partial charge >= 0.3 is 0 Å². The molecule has 0 spiro atoms. The van der Waals surface area contributed by atoms with Crippen molar-refractivity contribution in [2.24, 2.45) is 0 Å². The van der Waals surface area contributed by atoms with E-state index in [0.29, 0.717) is 6.42 Å². The van der Waals surface area contributed by atoms with Gasteiger partial charge in [-0.15, -0.1) is 0 Å². The van der Waals surface area contributed by atoms with Gasteiger partial charge in [-0.25, -0.2) is 4.98 Å². The quantitative estimate of drug-likeness (QED) is 0.754. The first-order chi connectivity index (χ1) is 8.27. The van der Waals surface area contributed by atoms with Crippen molar-refractivity contribution >= 4 is 5.91 Å². The molecule has 0 aliphatic carbocycles. The van der Waals surface area contributed by atoms with E-state index in [1.165, 1.54) is 0 Å². The molecule has 0 atom stereocenters. The highest BCUT2D eigenvalue weighted by molar-refractivity contribution is 5.76. The van der Waals surface area contributed by atoms with Crippen LogP contribution in [0.3, 0.4) is 0 Å². The van der Waals surface area contributed by atoms with Crippen molar-refractivity contribution < 1.29 is 4.79 Å². The zero-order chi connectivity index (χ0) is 12.5. The molecule has 4 nitrogen and oxygen atoms in total. The average Bonchev–Trinajstić information content (AvgIpc) is 2.81. The maximum atomic E-state index is 11.9. The Morgan fingerprint density at radius 1 is 1.35 bits per heavy atom. The first-order valence-electron chi connectivity index (χ1n) is 6.54. The van der Waals surface area contributed by atoms with Gasteiger partial charge < -0.3 is 9.88 Å². The van der Waals surface area contributed by atoms with Crippen LogP contribution in [0.1, 0.15) is 45.4 Å². The summed E-state index contributed by atoms with van der Waals surface area (Å²) in [7, 11) is 0. The molecule has 1 N–H and O–H groups in total. The van der Waals surface area contributed by atoms with Crippen molar-refractivity contribution in [3.05, 3.63) is 18.2 Å². The van der Waals surface area contributed by atoms with Gasteiger partial charge in [-0.05, 0) is 19.3 Å². The monoisotopic (exact) mass is 237 g/mol. The van der Waals surface area contributed by atoms with Gasteiger partial charge in [0.05, 0.1) is 0 Å². The van der Waals surface area contributed by atoms with Gasteiger partial charge in [-0.2, -0.15) is 0 Å². The molecule has 0 radical (unpaired) electrons. The van der Waals surface area contributed by atoms with Crippen LogP contribution in [0.5, 0.6) is 0 Å². The molecule has 4 heteroatoms. The summed E-state index contributed by atoms with van der Waals surface area (Å²) in [4.78, 5) is 21.1. The van der Waals surface area contributed by atoms with Crippen LogP contribution in [-0.2, 0) is 11.2 Å². The zero-order valence-corrected chi connectivity index (χ0v) is 10.9. The molecular formula is C13H23N3O. The summed E-state index contributed by atoms with van der Waals surface area (Å²) in [6.07, 6.45) is 7.98. The van der Waals surface area contributed by atoms with Crippen LogP contribution in [0, 0.1) is 0 Å². The number of hydrogen-bond acceptors (Lipinski definition) is 2. The molecular weight excluding hydrogens is 214 g/mol. The predicted octanol–water partition coefficient (Wildman–Crippen LogP) is 2.38. The highest BCUT2D eigenvalue weighted by Crippen LogP contribution is 2.04. The molecule has 0 unspecified atom stereocenters. The van der Waals surface area contributed by atoms with Gasteiger partial charge in [0.15, 0.2) is 0 Å². The van der Waals surface area contributed by atoms with E-state index in [1.54, 1.807) is 6.20 Å². The SMILES string of the molecule is CCCN(CCC)C(=O)CCCc1ncc[nH]1. The summed E-state index contributed by atoms with van der Waals surface area (Å²) in [5.41, 5.74) is 0. The third-order valence-corrected chi connectivity index (χ3v) is 2.70. The number of amides is 1. The Kier molecular flexibility index (Phi) is 6.37. The van der Waals surface area contributed by atoms with E-state index in [1.807, 2.05) is 11.1 Å². The zero-order valence-electron chi connectivity index (χ0n) is 10.9. The van der Waals surface area contributed by atoms with Crippen LogP contribution in [0.4, 0.5) is 0 Å². The van der Waals surface area contributed by atoms with E-state index < -0.39 is 0 Å². The first-order valence-corrected chi connectivity index (χ1v) is 6.54. The number of aromatic nitrogens is 2. The molecule has 17 heavy (non-hydrogen) atoms. The fourth-order valence-corrected chi connectivity index (χ4v) is 1.90. The fourth-order valence-electron chi connectivity index (χ4n) is 1.90. The highest BCUT2D eigenvalue weighted by atomic mass is 16.2. The van der Waals surface area contributed by atoms with Gasteiger partial charge in [0.2, 0.25) is 5.91 Å². The van der Waals surface area contributed by atoms with Gasteiger partial charge in [0.25, 0.3) is 0 Å². The molecule has 0 aliphatic heterocycles. The van der Waals surface area contributed by atoms with Crippen molar-refractivity contribution in [2.75, 3.05) is 13.1 Å². The van der Waals surface area contributed by atoms with Crippen molar-refractivity contribution in [3.8, 4) is 0 Å². The van der Waals surface area contributed by atoms with E-state index in [0.717, 1.165) is 44.6 Å². The maximum absolute atomic E-state index is 11.9. The summed E-state index contributed by atoms with van der Waals surface area (Å²) in [5.74, 6) is 1.25. The summed E-state index contributed by atoms with van der Waals surface area (Å²) in [6, 6.07) is 0. The van der Waals surface area contributed by atoms with Gasteiger partial charge in [0, 0.05) is 38.3 Å². The molecule has 0 aromatic carbocycles. The number of hydrogen-bond donors (Lipinski definition) is 1. The molecule has 1 heterocycles. The lowest BCUT2D eigenvalue weighted by molar-refractivity contribution is -0.131. The summed E-state index contributed by atoms with van der Waals surface area (Å²) in [5, 5.41) is 0. The van der Waals surface area contributed by atoms with Gasteiger partial charge in [-0.1, -0.05) is 13.8 Å². The second kappa shape index (κ2) is 7.87. The Bertz CT molecular complexity index is 302. The largest absolute Gasteiger partial charge is 0.349 e. The van der Waals surface area contributed by atoms with Crippen molar-refractivity contribution in [1.82, 2.24) is 14.9 Å². The minimum atomic E-state index is 0.278. The molecule has 1 amide bonds. The molecule has 0 saturated carbocycles. The van der Waals surface area contributed by atoms with Crippen LogP contribution in [0.15, 0.2) is 12.4 Å². The molecule has 0 aliphatic rings. The molecule has 96 valence electrons.